The minimum Gasteiger partial charge on any atom is -0.464 e. The molecule has 0 radical (unpaired) electrons. The van der Waals surface area contributed by atoms with Crippen LogP contribution in [0, 0.1) is 20.8 Å². The van der Waals surface area contributed by atoms with Gasteiger partial charge < -0.3 is 9.73 Å². The standard InChI is InChI=1S/C16H21NO/c1-5-17-16(15-9-7-13(4)18-15)14-8-6-11(2)10-12(14)3/h6-10,16-17H,5H2,1-4H3. The first-order chi connectivity index (χ1) is 8.61. The van der Waals surface area contributed by atoms with Gasteiger partial charge in [0.05, 0.1) is 6.04 Å². The van der Waals surface area contributed by atoms with Gasteiger partial charge in [-0.05, 0) is 50.6 Å². The summed E-state index contributed by atoms with van der Waals surface area (Å²) in [6.07, 6.45) is 0. The van der Waals surface area contributed by atoms with Crippen LogP contribution in [0.15, 0.2) is 34.7 Å². The summed E-state index contributed by atoms with van der Waals surface area (Å²) in [6.45, 7) is 9.29. The zero-order valence-electron chi connectivity index (χ0n) is 11.6. The highest BCUT2D eigenvalue weighted by molar-refractivity contribution is 5.36. The van der Waals surface area contributed by atoms with Gasteiger partial charge in [0, 0.05) is 0 Å². The van der Waals surface area contributed by atoms with E-state index in [0.717, 1.165) is 18.1 Å². The lowest BCUT2D eigenvalue weighted by atomic mass is 9.97. The van der Waals surface area contributed by atoms with E-state index in [1.807, 2.05) is 13.0 Å². The van der Waals surface area contributed by atoms with Gasteiger partial charge in [-0.2, -0.15) is 0 Å². The van der Waals surface area contributed by atoms with Gasteiger partial charge in [0.15, 0.2) is 0 Å². The normalized spacial score (nSPS) is 12.7. The van der Waals surface area contributed by atoms with E-state index in [9.17, 15) is 0 Å². The van der Waals surface area contributed by atoms with E-state index in [-0.39, 0.29) is 6.04 Å². The fourth-order valence-electron chi connectivity index (χ4n) is 2.33. The van der Waals surface area contributed by atoms with E-state index in [4.69, 9.17) is 4.42 Å². The van der Waals surface area contributed by atoms with Crippen molar-refractivity contribution in [3.05, 3.63) is 58.5 Å². The van der Waals surface area contributed by atoms with Crippen molar-refractivity contribution in [2.45, 2.75) is 33.7 Å². The molecule has 2 aromatic rings. The fraction of sp³-hybridized carbons (Fsp3) is 0.375. The van der Waals surface area contributed by atoms with E-state index < -0.39 is 0 Å². The van der Waals surface area contributed by atoms with Gasteiger partial charge in [-0.25, -0.2) is 0 Å². The van der Waals surface area contributed by atoms with Crippen molar-refractivity contribution in [3.63, 3.8) is 0 Å². The lowest BCUT2D eigenvalue weighted by Gasteiger charge is -2.18. The number of hydrogen-bond acceptors (Lipinski definition) is 2. The number of rotatable bonds is 4. The van der Waals surface area contributed by atoms with E-state index >= 15 is 0 Å². The molecule has 1 aromatic heterocycles. The Balaban J connectivity index is 2.41. The molecule has 2 nitrogen and oxygen atoms in total. The molecule has 0 aliphatic heterocycles. The lowest BCUT2D eigenvalue weighted by molar-refractivity contribution is 0.434. The van der Waals surface area contributed by atoms with Crippen LogP contribution >= 0.6 is 0 Å². The van der Waals surface area contributed by atoms with Gasteiger partial charge in [-0.15, -0.1) is 0 Å². The maximum Gasteiger partial charge on any atom is 0.125 e. The molecule has 0 aliphatic rings. The zero-order chi connectivity index (χ0) is 13.1. The molecule has 1 aromatic carbocycles. The van der Waals surface area contributed by atoms with Crippen LogP contribution in [0.4, 0.5) is 0 Å². The van der Waals surface area contributed by atoms with Crippen LogP contribution in [-0.4, -0.2) is 6.54 Å². The van der Waals surface area contributed by atoms with Crippen LogP contribution in [0.3, 0.4) is 0 Å². The summed E-state index contributed by atoms with van der Waals surface area (Å²) in [6, 6.07) is 10.8. The second-order valence-electron chi connectivity index (χ2n) is 4.80. The highest BCUT2D eigenvalue weighted by Crippen LogP contribution is 2.26. The topological polar surface area (TPSA) is 25.2 Å². The summed E-state index contributed by atoms with van der Waals surface area (Å²) < 4.78 is 5.78. The Hall–Kier alpha value is -1.54. The largest absolute Gasteiger partial charge is 0.464 e. The van der Waals surface area contributed by atoms with E-state index in [1.54, 1.807) is 0 Å². The summed E-state index contributed by atoms with van der Waals surface area (Å²) in [5.74, 6) is 1.94. The molecule has 1 N–H and O–H groups in total. The molecule has 18 heavy (non-hydrogen) atoms. The Labute approximate surface area is 109 Å². The van der Waals surface area contributed by atoms with Gasteiger partial charge in [-0.1, -0.05) is 30.7 Å². The van der Waals surface area contributed by atoms with Gasteiger partial charge in [0.2, 0.25) is 0 Å². The Morgan fingerprint density at radius 3 is 2.44 bits per heavy atom. The van der Waals surface area contributed by atoms with Crippen LogP contribution in [0.2, 0.25) is 0 Å². The third-order valence-corrected chi connectivity index (χ3v) is 3.19. The summed E-state index contributed by atoms with van der Waals surface area (Å²) in [5, 5.41) is 3.50. The third-order valence-electron chi connectivity index (χ3n) is 3.19. The van der Waals surface area contributed by atoms with Gasteiger partial charge in [0.25, 0.3) is 0 Å². The Kier molecular flexibility index (Phi) is 3.87. The first-order valence-corrected chi connectivity index (χ1v) is 6.48. The second kappa shape index (κ2) is 5.40. The molecule has 0 bridgehead atoms. The molecular weight excluding hydrogens is 222 g/mol. The van der Waals surface area contributed by atoms with Crippen LogP contribution in [0.1, 0.15) is 41.2 Å². The predicted molar refractivity (Wildman–Crippen MR) is 74.9 cm³/mol. The molecule has 0 amide bonds. The molecule has 1 atom stereocenters. The van der Waals surface area contributed by atoms with E-state index in [2.05, 4.69) is 50.4 Å². The second-order valence-corrected chi connectivity index (χ2v) is 4.80. The fourth-order valence-corrected chi connectivity index (χ4v) is 2.33. The zero-order valence-corrected chi connectivity index (χ0v) is 11.6. The molecule has 96 valence electrons. The average Bonchev–Trinajstić information content (AvgIpc) is 2.73. The van der Waals surface area contributed by atoms with Crippen molar-refractivity contribution in [3.8, 4) is 0 Å². The third kappa shape index (κ3) is 2.65. The number of nitrogens with one attached hydrogen (secondary N) is 1. The van der Waals surface area contributed by atoms with Crippen molar-refractivity contribution in [2.75, 3.05) is 6.54 Å². The lowest BCUT2D eigenvalue weighted by Crippen LogP contribution is -2.22. The van der Waals surface area contributed by atoms with Crippen molar-refractivity contribution in [1.82, 2.24) is 5.32 Å². The average molecular weight is 243 g/mol. The van der Waals surface area contributed by atoms with Crippen LogP contribution in [-0.2, 0) is 0 Å². The summed E-state index contributed by atoms with van der Waals surface area (Å²) in [4.78, 5) is 0. The summed E-state index contributed by atoms with van der Waals surface area (Å²) in [7, 11) is 0. The highest BCUT2D eigenvalue weighted by atomic mass is 16.3. The summed E-state index contributed by atoms with van der Waals surface area (Å²) in [5.41, 5.74) is 3.88. The smallest absolute Gasteiger partial charge is 0.125 e. The van der Waals surface area contributed by atoms with E-state index in [0.29, 0.717) is 0 Å². The summed E-state index contributed by atoms with van der Waals surface area (Å²) >= 11 is 0. The molecule has 2 rings (SSSR count). The van der Waals surface area contributed by atoms with Gasteiger partial charge in [0.1, 0.15) is 11.5 Å². The predicted octanol–water partition coefficient (Wildman–Crippen LogP) is 3.90. The van der Waals surface area contributed by atoms with Gasteiger partial charge in [-0.3, -0.25) is 0 Å². The minimum atomic E-state index is 0.143. The van der Waals surface area contributed by atoms with Crippen LogP contribution in [0.5, 0.6) is 0 Å². The molecule has 1 unspecified atom stereocenters. The SMILES string of the molecule is CCNC(c1ccc(C)o1)c1ccc(C)cc1C. The van der Waals surface area contributed by atoms with Crippen molar-refractivity contribution < 1.29 is 4.42 Å². The molecule has 0 aliphatic carbocycles. The Bertz CT molecular complexity index is 528. The molecule has 0 spiro atoms. The number of aryl methyl sites for hydroxylation is 3. The maximum atomic E-state index is 5.78. The minimum absolute atomic E-state index is 0.143. The number of furan rings is 1. The first kappa shape index (κ1) is 12.9. The Morgan fingerprint density at radius 1 is 1.11 bits per heavy atom. The van der Waals surface area contributed by atoms with E-state index in [1.165, 1.54) is 16.7 Å². The molecule has 0 saturated heterocycles. The monoisotopic (exact) mass is 243 g/mol. The molecule has 0 saturated carbocycles. The first-order valence-electron chi connectivity index (χ1n) is 6.48. The highest BCUT2D eigenvalue weighted by Gasteiger charge is 2.18. The Morgan fingerprint density at radius 2 is 1.89 bits per heavy atom. The van der Waals surface area contributed by atoms with Crippen molar-refractivity contribution in [2.24, 2.45) is 0 Å². The molecular formula is C16H21NO. The molecule has 0 fully saturated rings. The molecule has 2 heteroatoms. The maximum absolute atomic E-state index is 5.78. The number of benzene rings is 1. The number of hydrogen-bond donors (Lipinski definition) is 1. The van der Waals surface area contributed by atoms with Crippen LogP contribution < -0.4 is 5.32 Å². The van der Waals surface area contributed by atoms with Crippen LogP contribution in [0.25, 0.3) is 0 Å². The van der Waals surface area contributed by atoms with Gasteiger partial charge >= 0.3 is 0 Å². The van der Waals surface area contributed by atoms with Crippen molar-refractivity contribution >= 4 is 0 Å². The molecule has 1 heterocycles. The quantitative estimate of drug-likeness (QED) is 0.881. The van der Waals surface area contributed by atoms with Crippen molar-refractivity contribution in [1.29, 1.82) is 0 Å².